The number of likely N-dealkylation sites (N-methyl/N-ethyl adjacent to an activating group) is 1. The van der Waals surface area contributed by atoms with Crippen molar-refractivity contribution in [2.75, 3.05) is 26.2 Å². The number of para-hydroxylation sites is 1. The van der Waals surface area contributed by atoms with Crippen LogP contribution in [-0.4, -0.2) is 41.8 Å². The Kier molecular flexibility index (Phi) is 5.98. The maximum Gasteiger partial charge on any atom is 0.267 e. The topological polar surface area (TPSA) is 75.8 Å². The maximum absolute atomic E-state index is 12.6. The molecule has 2 rings (SSSR count). The summed E-state index contributed by atoms with van der Waals surface area (Å²) in [5, 5.41) is 13.7. The lowest BCUT2D eigenvalue weighted by Crippen LogP contribution is -3.12. The first-order valence-corrected chi connectivity index (χ1v) is 8.51. The van der Waals surface area contributed by atoms with Crippen LogP contribution < -0.4 is 15.8 Å². The SMILES string of the molecule is CCn1c(=O)c(C(=O)NCC[NH+](CC)CC)c(O)c2ccccc21. The number of nitrogens with one attached hydrogen (secondary N) is 2. The van der Waals surface area contributed by atoms with E-state index in [1.807, 2.05) is 6.92 Å². The van der Waals surface area contributed by atoms with Crippen molar-refractivity contribution < 1.29 is 14.8 Å². The van der Waals surface area contributed by atoms with Crippen molar-refractivity contribution in [1.82, 2.24) is 9.88 Å². The number of pyridine rings is 1. The first kappa shape index (κ1) is 18.0. The second kappa shape index (κ2) is 7.97. The summed E-state index contributed by atoms with van der Waals surface area (Å²) in [6.45, 7) is 9.68. The Morgan fingerprint density at radius 3 is 2.50 bits per heavy atom. The van der Waals surface area contributed by atoms with Crippen LogP contribution in [-0.2, 0) is 6.54 Å². The van der Waals surface area contributed by atoms with Crippen LogP contribution in [0.3, 0.4) is 0 Å². The molecular formula is C18H26N3O3+. The number of nitrogens with zero attached hydrogens (tertiary/aromatic N) is 1. The van der Waals surface area contributed by atoms with Gasteiger partial charge in [-0.05, 0) is 32.9 Å². The fourth-order valence-electron chi connectivity index (χ4n) is 2.95. The Labute approximate surface area is 141 Å². The van der Waals surface area contributed by atoms with Gasteiger partial charge in [0.1, 0.15) is 11.3 Å². The van der Waals surface area contributed by atoms with Crippen molar-refractivity contribution in [2.24, 2.45) is 0 Å². The molecule has 0 aliphatic rings. The van der Waals surface area contributed by atoms with E-state index >= 15 is 0 Å². The van der Waals surface area contributed by atoms with E-state index in [1.165, 1.54) is 9.47 Å². The van der Waals surface area contributed by atoms with Gasteiger partial charge in [-0.25, -0.2) is 0 Å². The van der Waals surface area contributed by atoms with Crippen LogP contribution in [0.1, 0.15) is 31.1 Å². The Balaban J connectivity index is 2.34. The number of amides is 1. The van der Waals surface area contributed by atoms with Gasteiger partial charge in [0.2, 0.25) is 0 Å². The quantitative estimate of drug-likeness (QED) is 0.686. The zero-order chi connectivity index (χ0) is 17.7. The highest BCUT2D eigenvalue weighted by molar-refractivity contribution is 6.02. The van der Waals surface area contributed by atoms with Crippen molar-refractivity contribution in [3.63, 3.8) is 0 Å². The number of benzene rings is 1. The molecule has 6 heteroatoms. The van der Waals surface area contributed by atoms with Gasteiger partial charge in [-0.1, -0.05) is 12.1 Å². The molecule has 0 unspecified atom stereocenters. The summed E-state index contributed by atoms with van der Waals surface area (Å²) in [7, 11) is 0. The summed E-state index contributed by atoms with van der Waals surface area (Å²) in [6, 6.07) is 7.07. The van der Waals surface area contributed by atoms with Gasteiger partial charge in [0.05, 0.1) is 31.7 Å². The number of carbonyl (C=O) groups is 1. The molecule has 24 heavy (non-hydrogen) atoms. The molecule has 0 aliphatic heterocycles. The van der Waals surface area contributed by atoms with Crippen molar-refractivity contribution in [2.45, 2.75) is 27.3 Å². The van der Waals surface area contributed by atoms with Crippen LogP contribution in [0.2, 0.25) is 0 Å². The molecule has 0 aliphatic carbocycles. The fraction of sp³-hybridized carbons (Fsp3) is 0.444. The third-order valence-corrected chi connectivity index (χ3v) is 4.45. The summed E-state index contributed by atoms with van der Waals surface area (Å²) in [6.07, 6.45) is 0. The van der Waals surface area contributed by atoms with Crippen LogP contribution >= 0.6 is 0 Å². The smallest absolute Gasteiger partial charge is 0.267 e. The Morgan fingerprint density at radius 1 is 1.21 bits per heavy atom. The highest BCUT2D eigenvalue weighted by Gasteiger charge is 2.21. The Bertz CT molecular complexity index is 779. The predicted octanol–water partition coefficient (Wildman–Crippen LogP) is 0.382. The maximum atomic E-state index is 12.6. The predicted molar refractivity (Wildman–Crippen MR) is 94.8 cm³/mol. The van der Waals surface area contributed by atoms with Crippen molar-refractivity contribution >= 4 is 16.8 Å². The molecule has 130 valence electrons. The summed E-state index contributed by atoms with van der Waals surface area (Å²) in [5.41, 5.74) is -0.00174. The van der Waals surface area contributed by atoms with E-state index in [0.29, 0.717) is 24.0 Å². The number of fused-ring (bicyclic) bond motifs is 1. The summed E-state index contributed by atoms with van der Waals surface area (Å²) in [5.74, 6) is -0.759. The second-order valence-electron chi connectivity index (χ2n) is 5.75. The molecule has 0 bridgehead atoms. The van der Waals surface area contributed by atoms with E-state index in [4.69, 9.17) is 0 Å². The molecule has 1 heterocycles. The first-order valence-electron chi connectivity index (χ1n) is 8.51. The van der Waals surface area contributed by atoms with Crippen molar-refractivity contribution in [3.05, 3.63) is 40.2 Å². The standard InChI is InChI=1S/C18H25N3O3/c1-4-20(5-2)12-11-19-17(23)15-16(22)13-9-7-8-10-14(13)21(6-3)18(15)24/h7-10,22H,4-6,11-12H2,1-3H3,(H,19,23)/p+1. The monoisotopic (exact) mass is 332 g/mol. The third kappa shape index (κ3) is 3.43. The molecule has 1 aromatic heterocycles. The lowest BCUT2D eigenvalue weighted by atomic mass is 10.1. The van der Waals surface area contributed by atoms with Gasteiger partial charge in [-0.15, -0.1) is 0 Å². The zero-order valence-corrected chi connectivity index (χ0v) is 14.6. The van der Waals surface area contributed by atoms with E-state index in [-0.39, 0.29) is 11.3 Å². The Hall–Kier alpha value is -2.34. The molecular weight excluding hydrogens is 306 g/mol. The molecule has 1 amide bonds. The minimum atomic E-state index is -0.517. The molecule has 6 nitrogen and oxygen atoms in total. The fourth-order valence-corrected chi connectivity index (χ4v) is 2.95. The van der Waals surface area contributed by atoms with Gasteiger partial charge in [0.25, 0.3) is 11.5 Å². The van der Waals surface area contributed by atoms with Crippen LogP contribution in [0.25, 0.3) is 10.9 Å². The number of quaternary nitrogens is 1. The first-order chi connectivity index (χ1) is 11.5. The molecule has 0 saturated heterocycles. The molecule has 0 fully saturated rings. The second-order valence-corrected chi connectivity index (χ2v) is 5.75. The van der Waals surface area contributed by atoms with Gasteiger partial charge in [0.15, 0.2) is 0 Å². The average molecular weight is 332 g/mol. The van der Waals surface area contributed by atoms with Gasteiger partial charge in [-0.2, -0.15) is 0 Å². The third-order valence-electron chi connectivity index (χ3n) is 4.45. The molecule has 0 spiro atoms. The van der Waals surface area contributed by atoms with E-state index in [2.05, 4.69) is 19.2 Å². The van der Waals surface area contributed by atoms with Gasteiger partial charge >= 0.3 is 0 Å². The van der Waals surface area contributed by atoms with Crippen molar-refractivity contribution in [3.8, 4) is 5.75 Å². The van der Waals surface area contributed by atoms with E-state index in [9.17, 15) is 14.7 Å². The summed E-state index contributed by atoms with van der Waals surface area (Å²) >= 11 is 0. The molecule has 2 aromatic rings. The lowest BCUT2D eigenvalue weighted by molar-refractivity contribution is -0.895. The summed E-state index contributed by atoms with van der Waals surface area (Å²) < 4.78 is 1.51. The lowest BCUT2D eigenvalue weighted by Gasteiger charge is -2.16. The average Bonchev–Trinajstić information content (AvgIpc) is 2.59. The highest BCUT2D eigenvalue weighted by atomic mass is 16.3. The van der Waals surface area contributed by atoms with Crippen LogP contribution in [0.5, 0.6) is 5.75 Å². The number of hydrogen-bond acceptors (Lipinski definition) is 3. The molecule has 0 atom stereocenters. The number of rotatable bonds is 7. The van der Waals surface area contributed by atoms with E-state index in [1.54, 1.807) is 24.3 Å². The largest absolute Gasteiger partial charge is 0.506 e. The van der Waals surface area contributed by atoms with E-state index in [0.717, 1.165) is 19.6 Å². The zero-order valence-electron chi connectivity index (χ0n) is 14.6. The number of hydrogen-bond donors (Lipinski definition) is 3. The van der Waals surface area contributed by atoms with Crippen LogP contribution in [0.15, 0.2) is 29.1 Å². The number of aryl methyl sites for hydroxylation is 1. The van der Waals surface area contributed by atoms with E-state index < -0.39 is 11.5 Å². The molecule has 0 radical (unpaired) electrons. The van der Waals surface area contributed by atoms with Gasteiger partial charge in [0, 0.05) is 11.9 Å². The minimum absolute atomic E-state index is 0.176. The number of aromatic hydroxyl groups is 1. The Morgan fingerprint density at radius 2 is 1.88 bits per heavy atom. The van der Waals surface area contributed by atoms with Crippen molar-refractivity contribution in [1.29, 1.82) is 0 Å². The van der Waals surface area contributed by atoms with Gasteiger partial charge < -0.3 is 19.9 Å². The molecule has 0 saturated carbocycles. The van der Waals surface area contributed by atoms with Crippen LogP contribution in [0, 0.1) is 0 Å². The summed E-state index contributed by atoms with van der Waals surface area (Å²) in [4.78, 5) is 26.4. The van der Waals surface area contributed by atoms with Crippen LogP contribution in [0.4, 0.5) is 0 Å². The highest BCUT2D eigenvalue weighted by Crippen LogP contribution is 2.25. The minimum Gasteiger partial charge on any atom is -0.506 e. The molecule has 1 aromatic carbocycles. The normalized spacial score (nSPS) is 11.2. The number of aromatic nitrogens is 1. The number of carbonyl (C=O) groups excluding carboxylic acids is 1. The van der Waals surface area contributed by atoms with Gasteiger partial charge in [-0.3, -0.25) is 9.59 Å². The molecule has 3 N–H and O–H groups in total.